The number of carbonyl (C=O) groups excluding carboxylic acids is 2. The Labute approximate surface area is 120 Å². The van der Waals surface area contributed by atoms with E-state index >= 15 is 0 Å². The highest BCUT2D eigenvalue weighted by Gasteiger charge is 2.70. The van der Waals surface area contributed by atoms with E-state index in [-0.39, 0.29) is 28.5 Å². The normalized spacial score (nSPS) is 41.6. The first-order valence-electron chi connectivity index (χ1n) is 7.65. The Kier molecular flexibility index (Phi) is 2.90. The van der Waals surface area contributed by atoms with Gasteiger partial charge in [0.1, 0.15) is 0 Å². The fourth-order valence-corrected chi connectivity index (χ4v) is 5.34. The van der Waals surface area contributed by atoms with E-state index in [0.29, 0.717) is 24.9 Å². The van der Waals surface area contributed by atoms with E-state index in [1.54, 1.807) is 0 Å². The average Bonchev–Trinajstić information content (AvgIpc) is 2.53. The SMILES string of the molecule is C=C1C(=O)C[C@H]2[C@H]3[C@@H]1[C@]2(COC(C)=O)CCCC3(C)C. The third-order valence-corrected chi connectivity index (χ3v) is 6.20. The van der Waals surface area contributed by atoms with Crippen LogP contribution in [0.15, 0.2) is 12.2 Å². The summed E-state index contributed by atoms with van der Waals surface area (Å²) in [5, 5.41) is 0. The average molecular weight is 276 g/mol. The lowest BCUT2D eigenvalue weighted by molar-refractivity contribution is -0.197. The molecule has 3 heteroatoms. The topological polar surface area (TPSA) is 43.4 Å². The van der Waals surface area contributed by atoms with Gasteiger partial charge in [0, 0.05) is 18.8 Å². The van der Waals surface area contributed by atoms with Crippen LogP contribution in [0.2, 0.25) is 0 Å². The molecule has 110 valence electrons. The molecular weight excluding hydrogens is 252 g/mol. The highest BCUT2D eigenvalue weighted by atomic mass is 16.5. The maximum atomic E-state index is 12.1. The number of esters is 1. The molecule has 4 aliphatic carbocycles. The second-order valence-electron chi connectivity index (χ2n) is 7.62. The lowest BCUT2D eigenvalue weighted by atomic mass is 9.36. The molecule has 20 heavy (non-hydrogen) atoms. The number of ether oxygens (including phenoxy) is 1. The Bertz CT molecular complexity index is 490. The molecule has 0 amide bonds. The van der Waals surface area contributed by atoms with Crippen LogP contribution in [0, 0.1) is 28.6 Å². The maximum absolute atomic E-state index is 12.1. The van der Waals surface area contributed by atoms with Crippen molar-refractivity contribution in [1.29, 1.82) is 0 Å². The minimum atomic E-state index is -0.221. The van der Waals surface area contributed by atoms with E-state index in [4.69, 9.17) is 4.74 Å². The van der Waals surface area contributed by atoms with Gasteiger partial charge in [0.2, 0.25) is 0 Å². The number of rotatable bonds is 2. The Hall–Kier alpha value is -1.12. The molecule has 0 spiro atoms. The first-order valence-corrected chi connectivity index (χ1v) is 7.65. The summed E-state index contributed by atoms with van der Waals surface area (Å²) in [6, 6.07) is 0. The number of Topliss-reactive ketones (excluding diaryl/α,β-unsaturated/α-hetero) is 1. The van der Waals surface area contributed by atoms with Crippen molar-refractivity contribution < 1.29 is 14.3 Å². The van der Waals surface area contributed by atoms with Gasteiger partial charge in [0.25, 0.3) is 0 Å². The van der Waals surface area contributed by atoms with Crippen LogP contribution < -0.4 is 0 Å². The molecule has 0 aromatic carbocycles. The molecule has 0 heterocycles. The van der Waals surface area contributed by atoms with Crippen molar-refractivity contribution in [1.82, 2.24) is 0 Å². The van der Waals surface area contributed by atoms with Gasteiger partial charge in [-0.25, -0.2) is 0 Å². The monoisotopic (exact) mass is 276 g/mol. The molecule has 3 nitrogen and oxygen atoms in total. The van der Waals surface area contributed by atoms with Crippen LogP contribution in [0.1, 0.15) is 46.5 Å². The molecule has 0 N–H and O–H groups in total. The molecule has 0 aromatic heterocycles. The highest BCUT2D eigenvalue weighted by Crippen LogP contribution is 2.72. The van der Waals surface area contributed by atoms with Crippen LogP contribution in [0.4, 0.5) is 0 Å². The lowest BCUT2D eigenvalue weighted by Gasteiger charge is -2.67. The molecule has 0 saturated heterocycles. The summed E-state index contributed by atoms with van der Waals surface area (Å²) in [7, 11) is 0. The number of hydrogen-bond acceptors (Lipinski definition) is 3. The van der Waals surface area contributed by atoms with Crippen molar-refractivity contribution in [2.45, 2.75) is 46.5 Å². The van der Waals surface area contributed by atoms with Gasteiger partial charge < -0.3 is 4.74 Å². The molecule has 0 aromatic rings. The van der Waals surface area contributed by atoms with Crippen molar-refractivity contribution in [3.63, 3.8) is 0 Å². The van der Waals surface area contributed by atoms with E-state index in [1.807, 2.05) is 0 Å². The Morgan fingerprint density at radius 1 is 1.40 bits per heavy atom. The number of allylic oxidation sites excluding steroid dienone is 1. The predicted molar refractivity (Wildman–Crippen MR) is 75.9 cm³/mol. The molecular formula is C17H24O3. The van der Waals surface area contributed by atoms with Gasteiger partial charge in [0.15, 0.2) is 5.78 Å². The van der Waals surface area contributed by atoms with Gasteiger partial charge in [0.05, 0.1) is 6.61 Å². The molecule has 4 rings (SSSR count). The zero-order valence-corrected chi connectivity index (χ0v) is 12.7. The smallest absolute Gasteiger partial charge is 0.302 e. The van der Waals surface area contributed by atoms with E-state index in [9.17, 15) is 9.59 Å². The first kappa shape index (κ1) is 13.8. The van der Waals surface area contributed by atoms with Crippen LogP contribution >= 0.6 is 0 Å². The van der Waals surface area contributed by atoms with Crippen LogP contribution in [-0.2, 0) is 14.3 Å². The van der Waals surface area contributed by atoms with Crippen LogP contribution in [0.25, 0.3) is 0 Å². The van der Waals surface area contributed by atoms with E-state index in [1.165, 1.54) is 13.3 Å². The highest BCUT2D eigenvalue weighted by molar-refractivity contribution is 5.98. The van der Waals surface area contributed by atoms with Gasteiger partial charge in [-0.1, -0.05) is 26.8 Å². The van der Waals surface area contributed by atoms with Crippen LogP contribution in [0.3, 0.4) is 0 Å². The van der Waals surface area contributed by atoms with Crippen molar-refractivity contribution >= 4 is 11.8 Å². The summed E-state index contributed by atoms with van der Waals surface area (Å²) < 4.78 is 5.37. The zero-order chi connectivity index (χ0) is 14.7. The van der Waals surface area contributed by atoms with Gasteiger partial charge in [-0.05, 0) is 41.6 Å². The minimum Gasteiger partial charge on any atom is -0.465 e. The Morgan fingerprint density at radius 2 is 2.10 bits per heavy atom. The van der Waals surface area contributed by atoms with Crippen LogP contribution in [0.5, 0.6) is 0 Å². The number of carbonyl (C=O) groups is 2. The van der Waals surface area contributed by atoms with Gasteiger partial charge in [-0.2, -0.15) is 0 Å². The molecule has 0 unspecified atom stereocenters. The molecule has 4 atom stereocenters. The quantitative estimate of drug-likeness (QED) is 0.575. The summed E-state index contributed by atoms with van der Waals surface area (Å²) in [6.07, 6.45) is 4.00. The second-order valence-corrected chi connectivity index (χ2v) is 7.62. The number of ketones is 1. The zero-order valence-electron chi connectivity index (χ0n) is 12.7. The summed E-state index contributed by atoms with van der Waals surface area (Å²) in [6.45, 7) is 10.7. The van der Waals surface area contributed by atoms with Crippen molar-refractivity contribution in [2.24, 2.45) is 28.6 Å². The molecule has 4 bridgehead atoms. The van der Waals surface area contributed by atoms with E-state index < -0.39 is 0 Å². The minimum absolute atomic E-state index is 0.00486. The second kappa shape index (κ2) is 4.19. The molecule has 0 aliphatic heterocycles. The largest absolute Gasteiger partial charge is 0.465 e. The predicted octanol–water partition coefficient (Wildman–Crippen LogP) is 3.14. The maximum Gasteiger partial charge on any atom is 0.302 e. The lowest BCUT2D eigenvalue weighted by Crippen LogP contribution is -2.66. The fourth-order valence-electron chi connectivity index (χ4n) is 5.34. The number of hydrogen-bond donors (Lipinski definition) is 0. The summed E-state index contributed by atoms with van der Waals surface area (Å²) in [5.74, 6) is 1.15. The van der Waals surface area contributed by atoms with Gasteiger partial charge in [-0.15, -0.1) is 0 Å². The third kappa shape index (κ3) is 1.64. The molecule has 0 radical (unpaired) electrons. The van der Waals surface area contributed by atoms with E-state index in [2.05, 4.69) is 20.4 Å². The number of fused-ring (bicyclic) bond motifs is 2. The summed E-state index contributed by atoms with van der Waals surface area (Å²) >= 11 is 0. The van der Waals surface area contributed by atoms with Crippen molar-refractivity contribution in [2.75, 3.05) is 6.61 Å². The molecule has 4 fully saturated rings. The first-order chi connectivity index (χ1) is 9.29. The molecule has 4 aliphatic rings. The summed E-state index contributed by atoms with van der Waals surface area (Å²) in [4.78, 5) is 23.3. The van der Waals surface area contributed by atoms with Gasteiger partial charge >= 0.3 is 5.97 Å². The summed E-state index contributed by atoms with van der Waals surface area (Å²) in [5.41, 5.74) is 1.05. The van der Waals surface area contributed by atoms with E-state index in [0.717, 1.165) is 18.4 Å². The third-order valence-electron chi connectivity index (χ3n) is 6.20. The standard InChI is InChI=1S/C17H24O3/c1-10-13(19)8-12-15-14(10)17(12,9-20-11(2)18)7-5-6-16(15,3)4/h12,14-15H,1,5-9H2,2-4H3/t12-,14+,15-,17-/m0/s1. The van der Waals surface area contributed by atoms with Crippen molar-refractivity contribution in [3.05, 3.63) is 12.2 Å². The van der Waals surface area contributed by atoms with Crippen molar-refractivity contribution in [3.8, 4) is 0 Å². The molecule has 4 saturated carbocycles. The Balaban J connectivity index is 1.97. The van der Waals surface area contributed by atoms with Gasteiger partial charge in [-0.3, -0.25) is 9.59 Å². The van der Waals surface area contributed by atoms with Crippen LogP contribution in [-0.4, -0.2) is 18.4 Å². The fraction of sp³-hybridized carbons (Fsp3) is 0.765. The Morgan fingerprint density at radius 3 is 2.70 bits per heavy atom.